The van der Waals surface area contributed by atoms with Crippen LogP contribution in [-0.2, 0) is 0 Å². The third-order valence-electron chi connectivity index (χ3n) is 3.74. The monoisotopic (exact) mass is 358 g/mol. The molecule has 0 aliphatic carbocycles. The van der Waals surface area contributed by atoms with Crippen LogP contribution in [0, 0.1) is 0 Å². The highest BCUT2D eigenvalue weighted by Gasteiger charge is 2.20. The topological polar surface area (TPSA) is 44.1 Å². The highest BCUT2D eigenvalue weighted by molar-refractivity contribution is 9.10. The van der Waals surface area contributed by atoms with Gasteiger partial charge < -0.3 is 4.74 Å². The number of carbonyl (C=O) groups is 1. The Bertz CT molecular complexity index is 842. The molecule has 22 heavy (non-hydrogen) atoms. The van der Waals surface area contributed by atoms with Gasteiger partial charge in [-0.25, -0.2) is 4.68 Å². The molecule has 1 atom stereocenters. The first-order valence-electron chi connectivity index (χ1n) is 6.91. The van der Waals surface area contributed by atoms with Crippen LogP contribution >= 0.6 is 15.9 Å². The highest BCUT2D eigenvalue weighted by atomic mass is 79.9. The van der Waals surface area contributed by atoms with Crippen LogP contribution in [0.2, 0.25) is 0 Å². The van der Waals surface area contributed by atoms with Gasteiger partial charge in [0.2, 0.25) is 0 Å². The quantitative estimate of drug-likeness (QED) is 0.702. The van der Waals surface area contributed by atoms with Crippen LogP contribution < -0.4 is 4.74 Å². The maximum Gasteiger partial charge on any atom is 0.254 e. The number of aromatic nitrogens is 2. The molecular weight excluding hydrogens is 344 g/mol. The molecule has 3 rings (SSSR count). The predicted octanol–water partition coefficient (Wildman–Crippen LogP) is 4.25. The summed E-state index contributed by atoms with van der Waals surface area (Å²) in [6.45, 7) is 1.90. The van der Waals surface area contributed by atoms with E-state index in [2.05, 4.69) is 21.0 Å². The third-order valence-corrected chi connectivity index (χ3v) is 4.14. The molecule has 0 aliphatic rings. The molecule has 0 saturated heterocycles. The summed E-state index contributed by atoms with van der Waals surface area (Å²) >= 11 is 3.31. The first kappa shape index (κ1) is 14.8. The minimum atomic E-state index is -0.288. The second-order valence-electron chi connectivity index (χ2n) is 5.10. The summed E-state index contributed by atoms with van der Waals surface area (Å²) in [6.07, 6.45) is 3.28. The van der Waals surface area contributed by atoms with E-state index in [0.717, 1.165) is 26.6 Å². The van der Waals surface area contributed by atoms with Crippen LogP contribution in [0.4, 0.5) is 0 Å². The molecule has 0 aliphatic heterocycles. The second-order valence-corrected chi connectivity index (χ2v) is 6.01. The van der Waals surface area contributed by atoms with Crippen molar-refractivity contribution in [3.05, 3.63) is 58.8 Å². The lowest BCUT2D eigenvalue weighted by atomic mass is 9.94. The first-order valence-corrected chi connectivity index (χ1v) is 7.70. The number of nitrogens with zero attached hydrogens (tertiary/aromatic N) is 2. The normalized spacial score (nSPS) is 12.3. The molecule has 2 aromatic carbocycles. The van der Waals surface area contributed by atoms with Gasteiger partial charge in [-0.05, 0) is 51.3 Å². The summed E-state index contributed by atoms with van der Waals surface area (Å²) in [4.78, 5) is 12.6. The van der Waals surface area contributed by atoms with Crippen LogP contribution in [0.25, 0.3) is 10.8 Å². The molecule has 3 aromatic rings. The lowest BCUT2D eigenvalue weighted by Crippen LogP contribution is -2.18. The zero-order valence-electron chi connectivity index (χ0n) is 12.3. The molecule has 5 heteroatoms. The Morgan fingerprint density at radius 2 is 2.14 bits per heavy atom. The Morgan fingerprint density at radius 1 is 1.32 bits per heavy atom. The summed E-state index contributed by atoms with van der Waals surface area (Å²) in [5, 5.41) is 6.18. The Labute approximate surface area is 136 Å². The summed E-state index contributed by atoms with van der Waals surface area (Å²) in [5.41, 5.74) is 0.983. The fourth-order valence-corrected chi connectivity index (χ4v) is 2.83. The summed E-state index contributed by atoms with van der Waals surface area (Å²) < 4.78 is 7.42. The van der Waals surface area contributed by atoms with Gasteiger partial charge in [0, 0.05) is 6.20 Å². The molecule has 4 nitrogen and oxygen atoms in total. The van der Waals surface area contributed by atoms with Gasteiger partial charge in [-0.1, -0.05) is 24.3 Å². The van der Waals surface area contributed by atoms with Crippen LogP contribution in [0.15, 0.2) is 53.3 Å². The molecule has 1 heterocycles. The van der Waals surface area contributed by atoms with Gasteiger partial charge >= 0.3 is 0 Å². The summed E-state index contributed by atoms with van der Waals surface area (Å²) in [5.74, 6) is 0.456. The van der Waals surface area contributed by atoms with Gasteiger partial charge in [0.25, 0.3) is 5.91 Å². The molecule has 0 bridgehead atoms. The van der Waals surface area contributed by atoms with Crippen molar-refractivity contribution in [2.24, 2.45) is 0 Å². The van der Waals surface area contributed by atoms with Gasteiger partial charge in [-0.3, -0.25) is 4.79 Å². The van der Waals surface area contributed by atoms with E-state index >= 15 is 0 Å². The van der Waals surface area contributed by atoms with E-state index in [1.165, 1.54) is 4.68 Å². The number of hydrogen-bond acceptors (Lipinski definition) is 3. The number of hydrogen-bond donors (Lipinski definition) is 0. The van der Waals surface area contributed by atoms with Crippen molar-refractivity contribution in [2.75, 3.05) is 7.11 Å². The third kappa shape index (κ3) is 2.64. The van der Waals surface area contributed by atoms with E-state index in [1.807, 2.05) is 43.3 Å². The van der Waals surface area contributed by atoms with Crippen LogP contribution in [-0.4, -0.2) is 22.8 Å². The lowest BCUT2D eigenvalue weighted by Gasteiger charge is -2.14. The number of benzene rings is 2. The van der Waals surface area contributed by atoms with Crippen molar-refractivity contribution in [3.63, 3.8) is 0 Å². The Morgan fingerprint density at radius 3 is 2.82 bits per heavy atom. The zero-order chi connectivity index (χ0) is 15.7. The summed E-state index contributed by atoms with van der Waals surface area (Å²) in [7, 11) is 1.65. The van der Waals surface area contributed by atoms with Crippen LogP contribution in [0.3, 0.4) is 0 Å². The molecule has 1 aromatic heterocycles. The number of methoxy groups -OCH3 is 1. The van der Waals surface area contributed by atoms with Crippen molar-refractivity contribution in [2.45, 2.75) is 12.8 Å². The number of ether oxygens (including phenoxy) is 1. The fourth-order valence-electron chi connectivity index (χ4n) is 2.54. The maximum atomic E-state index is 12.6. The van der Waals surface area contributed by atoms with Gasteiger partial charge in [0.1, 0.15) is 5.75 Å². The van der Waals surface area contributed by atoms with Gasteiger partial charge in [0.15, 0.2) is 0 Å². The first-order chi connectivity index (χ1) is 10.6. The molecule has 0 N–H and O–H groups in total. The van der Waals surface area contributed by atoms with Gasteiger partial charge in [-0.2, -0.15) is 5.10 Å². The highest BCUT2D eigenvalue weighted by Crippen LogP contribution is 2.29. The van der Waals surface area contributed by atoms with Crippen molar-refractivity contribution < 1.29 is 9.53 Å². The zero-order valence-corrected chi connectivity index (χ0v) is 13.9. The minimum Gasteiger partial charge on any atom is -0.497 e. The second kappa shape index (κ2) is 5.93. The number of fused-ring (bicyclic) bond motifs is 1. The van der Waals surface area contributed by atoms with Crippen LogP contribution in [0.5, 0.6) is 5.75 Å². The molecule has 0 spiro atoms. The number of rotatable bonds is 3. The molecular formula is C17H15BrN2O2. The van der Waals surface area contributed by atoms with E-state index in [0.29, 0.717) is 0 Å². The molecule has 0 amide bonds. The molecule has 0 fully saturated rings. The largest absolute Gasteiger partial charge is 0.497 e. The fraction of sp³-hybridized carbons (Fsp3) is 0.176. The number of carbonyl (C=O) groups excluding carboxylic acids is 1. The Kier molecular flexibility index (Phi) is 3.98. The lowest BCUT2D eigenvalue weighted by molar-refractivity contribution is 0.0869. The molecule has 1 unspecified atom stereocenters. The van der Waals surface area contributed by atoms with Gasteiger partial charge in [-0.15, -0.1) is 0 Å². The van der Waals surface area contributed by atoms with Crippen molar-refractivity contribution in [1.82, 2.24) is 9.78 Å². The van der Waals surface area contributed by atoms with E-state index in [9.17, 15) is 4.79 Å². The van der Waals surface area contributed by atoms with Crippen molar-refractivity contribution in [1.29, 1.82) is 0 Å². The van der Waals surface area contributed by atoms with E-state index in [1.54, 1.807) is 19.5 Å². The Balaban J connectivity index is 2.03. The molecule has 0 radical (unpaired) electrons. The van der Waals surface area contributed by atoms with E-state index < -0.39 is 0 Å². The van der Waals surface area contributed by atoms with Crippen molar-refractivity contribution >= 4 is 32.6 Å². The smallest absolute Gasteiger partial charge is 0.254 e. The van der Waals surface area contributed by atoms with Crippen LogP contribution in [0.1, 0.15) is 23.2 Å². The average Bonchev–Trinajstić information content (AvgIpc) is 2.98. The molecule has 112 valence electrons. The number of halogens is 1. The summed E-state index contributed by atoms with van der Waals surface area (Å²) in [6, 6.07) is 11.8. The minimum absolute atomic E-state index is 0.0611. The SMILES string of the molecule is COc1ccc2c(C(C)C(=O)n3cc(Br)cn3)cccc2c1. The predicted molar refractivity (Wildman–Crippen MR) is 89.5 cm³/mol. The van der Waals surface area contributed by atoms with E-state index in [-0.39, 0.29) is 11.8 Å². The van der Waals surface area contributed by atoms with Gasteiger partial charge in [0.05, 0.1) is 23.7 Å². The van der Waals surface area contributed by atoms with Crippen molar-refractivity contribution in [3.8, 4) is 5.75 Å². The Hall–Kier alpha value is -2.14. The average molecular weight is 359 g/mol. The standard InChI is InChI=1S/C17H15BrN2O2/c1-11(17(21)20-10-13(18)9-19-20)15-5-3-4-12-8-14(22-2)6-7-16(12)15/h3-11H,1-2H3. The van der Waals surface area contributed by atoms with E-state index in [4.69, 9.17) is 4.74 Å². The molecule has 0 saturated carbocycles. The maximum absolute atomic E-state index is 12.6.